The largest absolute Gasteiger partial charge is 0.378 e. The van der Waals surface area contributed by atoms with Gasteiger partial charge >= 0.3 is 0 Å². The first kappa shape index (κ1) is 17.4. The van der Waals surface area contributed by atoms with E-state index in [-0.39, 0.29) is 5.38 Å². The number of hydrogen-bond donors (Lipinski definition) is 0. The van der Waals surface area contributed by atoms with E-state index < -0.39 is 0 Å². The van der Waals surface area contributed by atoms with Crippen LogP contribution in [-0.2, 0) is 4.74 Å². The number of pyridine rings is 1. The van der Waals surface area contributed by atoms with E-state index in [4.69, 9.17) is 16.3 Å². The number of nitrogens with zero attached hydrogens (tertiary/aromatic N) is 5. The molecule has 1 aliphatic heterocycles. The van der Waals surface area contributed by atoms with E-state index in [2.05, 4.69) is 42.6 Å². The molecule has 1 atom stereocenters. The molecule has 1 fully saturated rings. The van der Waals surface area contributed by atoms with Gasteiger partial charge in [0.2, 0.25) is 5.95 Å². The fraction of sp³-hybridized carbons (Fsp3) is 0.286. The van der Waals surface area contributed by atoms with Crippen molar-refractivity contribution in [3.05, 3.63) is 55.1 Å². The maximum Gasteiger partial charge on any atom is 0.225 e. The summed E-state index contributed by atoms with van der Waals surface area (Å²) in [4.78, 5) is 15.7. The smallest absolute Gasteiger partial charge is 0.225 e. The van der Waals surface area contributed by atoms with E-state index >= 15 is 0 Å². The van der Waals surface area contributed by atoms with Crippen LogP contribution in [0.1, 0.15) is 6.42 Å². The van der Waals surface area contributed by atoms with Gasteiger partial charge in [0.25, 0.3) is 0 Å². The first-order valence-electron chi connectivity index (χ1n) is 9.43. The molecule has 0 aromatic carbocycles. The molecule has 0 amide bonds. The SMILES string of the molecule is ClC1C=CC(n2c(-c3cnc(N4CCOCC4)nc3)cc3ccncc32)=CC1. The molecule has 5 rings (SSSR count). The minimum atomic E-state index is 0.0447. The van der Waals surface area contributed by atoms with Crippen molar-refractivity contribution in [3.8, 4) is 11.3 Å². The highest BCUT2D eigenvalue weighted by Gasteiger charge is 2.18. The molecule has 1 aliphatic carbocycles. The van der Waals surface area contributed by atoms with Crippen LogP contribution < -0.4 is 4.90 Å². The van der Waals surface area contributed by atoms with Crippen LogP contribution in [0.15, 0.2) is 55.1 Å². The Balaban J connectivity index is 1.57. The number of anilines is 1. The molecule has 3 aromatic heterocycles. The van der Waals surface area contributed by atoms with Gasteiger partial charge in [-0.15, -0.1) is 11.6 Å². The topological polar surface area (TPSA) is 56.1 Å². The Bertz CT molecular complexity index is 1050. The lowest BCUT2D eigenvalue weighted by molar-refractivity contribution is 0.122. The fourth-order valence-electron chi connectivity index (χ4n) is 3.67. The molecule has 3 aromatic rings. The molecule has 4 heterocycles. The van der Waals surface area contributed by atoms with Crippen molar-refractivity contribution in [1.29, 1.82) is 0 Å². The highest BCUT2D eigenvalue weighted by Crippen LogP contribution is 2.32. The Hall–Kier alpha value is -2.70. The average molecular weight is 394 g/mol. The van der Waals surface area contributed by atoms with Gasteiger partial charge in [-0.1, -0.05) is 12.2 Å². The zero-order valence-electron chi connectivity index (χ0n) is 15.3. The quantitative estimate of drug-likeness (QED) is 0.634. The zero-order valence-corrected chi connectivity index (χ0v) is 16.1. The number of morpholine rings is 1. The molecule has 0 saturated carbocycles. The van der Waals surface area contributed by atoms with Gasteiger partial charge in [0.1, 0.15) is 0 Å². The number of aromatic nitrogens is 4. The van der Waals surface area contributed by atoms with Crippen molar-refractivity contribution >= 4 is 34.1 Å². The minimum Gasteiger partial charge on any atom is -0.378 e. The van der Waals surface area contributed by atoms with Gasteiger partial charge in [0, 0.05) is 48.3 Å². The van der Waals surface area contributed by atoms with E-state index in [0.29, 0.717) is 13.2 Å². The molecule has 1 saturated heterocycles. The monoisotopic (exact) mass is 393 g/mol. The molecule has 6 nitrogen and oxygen atoms in total. The summed E-state index contributed by atoms with van der Waals surface area (Å²) in [6.07, 6.45) is 14.6. The van der Waals surface area contributed by atoms with Gasteiger partial charge in [-0.05, 0) is 24.6 Å². The molecule has 28 heavy (non-hydrogen) atoms. The van der Waals surface area contributed by atoms with E-state index in [9.17, 15) is 0 Å². The van der Waals surface area contributed by atoms with Gasteiger partial charge in [-0.3, -0.25) is 4.98 Å². The van der Waals surface area contributed by atoms with Gasteiger partial charge in [0.15, 0.2) is 0 Å². The Morgan fingerprint density at radius 1 is 1.11 bits per heavy atom. The second kappa shape index (κ2) is 7.37. The molecule has 0 radical (unpaired) electrons. The van der Waals surface area contributed by atoms with E-state index in [0.717, 1.165) is 53.3 Å². The maximum atomic E-state index is 6.22. The van der Waals surface area contributed by atoms with Crippen LogP contribution in [0.4, 0.5) is 5.95 Å². The normalized spacial score (nSPS) is 19.8. The molecular formula is C21H20ClN5O. The Morgan fingerprint density at radius 2 is 1.93 bits per heavy atom. The van der Waals surface area contributed by atoms with Crippen molar-refractivity contribution in [2.45, 2.75) is 11.8 Å². The summed E-state index contributed by atoms with van der Waals surface area (Å²) >= 11 is 6.22. The Labute approximate surface area is 168 Å². The summed E-state index contributed by atoms with van der Waals surface area (Å²) in [5, 5.41) is 1.17. The molecule has 2 aliphatic rings. The summed E-state index contributed by atoms with van der Waals surface area (Å²) in [7, 11) is 0. The summed E-state index contributed by atoms with van der Waals surface area (Å²) in [5.74, 6) is 0.748. The number of halogens is 1. The first-order chi connectivity index (χ1) is 13.8. The van der Waals surface area contributed by atoms with Crippen LogP contribution >= 0.6 is 11.6 Å². The van der Waals surface area contributed by atoms with Crippen molar-refractivity contribution in [1.82, 2.24) is 19.5 Å². The summed E-state index contributed by atoms with van der Waals surface area (Å²) < 4.78 is 7.61. The van der Waals surface area contributed by atoms with Crippen molar-refractivity contribution in [2.75, 3.05) is 31.2 Å². The van der Waals surface area contributed by atoms with E-state index in [1.165, 1.54) is 0 Å². The van der Waals surface area contributed by atoms with Crippen LogP contribution in [0.25, 0.3) is 27.9 Å². The zero-order chi connectivity index (χ0) is 18.9. The third-order valence-electron chi connectivity index (χ3n) is 5.12. The van der Waals surface area contributed by atoms with Crippen LogP contribution in [-0.4, -0.2) is 51.2 Å². The summed E-state index contributed by atoms with van der Waals surface area (Å²) in [5.41, 5.74) is 4.15. The number of fused-ring (bicyclic) bond motifs is 1. The van der Waals surface area contributed by atoms with E-state index in [1.54, 1.807) is 0 Å². The fourth-order valence-corrected chi connectivity index (χ4v) is 3.83. The van der Waals surface area contributed by atoms with Gasteiger partial charge in [0.05, 0.1) is 36.0 Å². The number of allylic oxidation sites excluding steroid dienone is 4. The lowest BCUT2D eigenvalue weighted by Crippen LogP contribution is -2.37. The molecule has 0 spiro atoms. The number of rotatable bonds is 3. The van der Waals surface area contributed by atoms with Crippen LogP contribution in [0.5, 0.6) is 0 Å². The Kier molecular flexibility index (Phi) is 4.58. The van der Waals surface area contributed by atoms with Crippen molar-refractivity contribution < 1.29 is 4.74 Å². The van der Waals surface area contributed by atoms with Crippen molar-refractivity contribution in [2.24, 2.45) is 0 Å². The standard InChI is InChI=1S/C21H20ClN5O/c22-17-1-3-18(4-2-17)27-19(11-15-5-6-23-14-20(15)27)16-12-24-21(25-13-16)26-7-9-28-10-8-26/h1,3-6,11-14,17H,2,7-10H2. The second-order valence-corrected chi connectivity index (χ2v) is 7.47. The predicted octanol–water partition coefficient (Wildman–Crippen LogP) is 3.74. The number of ether oxygens (including phenoxy) is 1. The van der Waals surface area contributed by atoms with E-state index in [1.807, 2.05) is 36.9 Å². The lowest BCUT2D eigenvalue weighted by Gasteiger charge is -2.26. The summed E-state index contributed by atoms with van der Waals surface area (Å²) in [6, 6.07) is 4.18. The lowest BCUT2D eigenvalue weighted by atomic mass is 10.1. The number of alkyl halides is 1. The highest BCUT2D eigenvalue weighted by atomic mass is 35.5. The minimum absolute atomic E-state index is 0.0447. The average Bonchev–Trinajstić information content (AvgIpc) is 3.15. The molecule has 0 N–H and O–H groups in total. The third-order valence-corrected chi connectivity index (χ3v) is 5.44. The van der Waals surface area contributed by atoms with Gasteiger partial charge in [-0.2, -0.15) is 0 Å². The molecular weight excluding hydrogens is 374 g/mol. The van der Waals surface area contributed by atoms with Crippen molar-refractivity contribution in [3.63, 3.8) is 0 Å². The second-order valence-electron chi connectivity index (χ2n) is 6.91. The number of hydrogen-bond acceptors (Lipinski definition) is 5. The third kappa shape index (κ3) is 3.19. The predicted molar refractivity (Wildman–Crippen MR) is 111 cm³/mol. The molecule has 7 heteroatoms. The van der Waals surface area contributed by atoms with Crippen LogP contribution in [0.2, 0.25) is 0 Å². The maximum absolute atomic E-state index is 6.22. The van der Waals surface area contributed by atoms with Crippen LogP contribution in [0, 0.1) is 0 Å². The Morgan fingerprint density at radius 3 is 2.68 bits per heavy atom. The molecule has 0 bridgehead atoms. The molecule has 142 valence electrons. The molecule has 1 unspecified atom stereocenters. The highest BCUT2D eigenvalue weighted by molar-refractivity contribution is 6.22. The van der Waals surface area contributed by atoms with Gasteiger partial charge < -0.3 is 14.2 Å². The van der Waals surface area contributed by atoms with Gasteiger partial charge in [-0.25, -0.2) is 9.97 Å². The first-order valence-corrected chi connectivity index (χ1v) is 9.86. The van der Waals surface area contributed by atoms with Crippen LogP contribution in [0.3, 0.4) is 0 Å². The summed E-state index contributed by atoms with van der Waals surface area (Å²) in [6.45, 7) is 3.08.